The Morgan fingerprint density at radius 2 is 1.56 bits per heavy atom. The predicted molar refractivity (Wildman–Crippen MR) is 62.8 cm³/mol. The van der Waals surface area contributed by atoms with E-state index < -0.39 is 5.41 Å². The largest absolute Gasteiger partial charge is 0.361 e. The lowest BCUT2D eigenvalue weighted by atomic mass is 9.70. The summed E-state index contributed by atoms with van der Waals surface area (Å²) in [5.41, 5.74) is 2.70. The second kappa shape index (κ2) is 4.41. The highest BCUT2D eigenvalue weighted by Gasteiger charge is 2.38. The van der Waals surface area contributed by atoms with Crippen LogP contribution in [-0.2, 0) is 0 Å². The van der Waals surface area contributed by atoms with Crippen molar-refractivity contribution in [3.05, 3.63) is 22.5 Å². The quantitative estimate of drug-likeness (QED) is 0.770. The number of rotatable bonds is 2. The first-order valence-electron chi connectivity index (χ1n) is 5.51. The standard InChI is InChI=1S/C13H17N3/c1-5-6-13(4)11(7-14)9(2)16-10(3)12(13)8-15/h16H,5-6H2,1-4H3. The van der Waals surface area contributed by atoms with Gasteiger partial charge in [0.15, 0.2) is 0 Å². The van der Waals surface area contributed by atoms with Crippen LogP contribution in [0, 0.1) is 28.1 Å². The second-order valence-electron chi connectivity index (χ2n) is 4.43. The Balaban J connectivity index is 3.39. The third-order valence-electron chi connectivity index (χ3n) is 3.20. The van der Waals surface area contributed by atoms with Gasteiger partial charge in [-0.3, -0.25) is 0 Å². The van der Waals surface area contributed by atoms with Crippen molar-refractivity contribution in [2.75, 3.05) is 0 Å². The summed E-state index contributed by atoms with van der Waals surface area (Å²) in [5.74, 6) is 0. The Bertz CT molecular complexity index is 405. The highest BCUT2D eigenvalue weighted by atomic mass is 14.9. The monoisotopic (exact) mass is 215 g/mol. The minimum atomic E-state index is -0.419. The zero-order valence-corrected chi connectivity index (χ0v) is 10.3. The van der Waals surface area contributed by atoms with Crippen LogP contribution in [0.25, 0.3) is 0 Å². The maximum atomic E-state index is 9.24. The molecule has 0 saturated carbocycles. The molecule has 0 unspecified atom stereocenters. The average molecular weight is 215 g/mol. The molecule has 1 aliphatic heterocycles. The summed E-state index contributed by atoms with van der Waals surface area (Å²) in [4.78, 5) is 0. The number of nitriles is 2. The first-order valence-corrected chi connectivity index (χ1v) is 5.51. The number of dihydropyridines is 1. The van der Waals surface area contributed by atoms with Crippen molar-refractivity contribution < 1.29 is 0 Å². The summed E-state index contributed by atoms with van der Waals surface area (Å²) in [6.07, 6.45) is 1.78. The lowest BCUT2D eigenvalue weighted by Crippen LogP contribution is -2.32. The highest BCUT2D eigenvalue weighted by Crippen LogP contribution is 2.43. The molecule has 0 fully saturated rings. The molecule has 0 atom stereocenters. The van der Waals surface area contributed by atoms with Crippen LogP contribution in [0.2, 0.25) is 0 Å². The van der Waals surface area contributed by atoms with E-state index in [1.807, 2.05) is 20.8 Å². The van der Waals surface area contributed by atoms with Gasteiger partial charge < -0.3 is 5.32 Å². The number of nitrogens with one attached hydrogen (secondary N) is 1. The Morgan fingerprint density at radius 1 is 1.12 bits per heavy atom. The van der Waals surface area contributed by atoms with E-state index in [1.54, 1.807) is 0 Å². The van der Waals surface area contributed by atoms with Gasteiger partial charge in [0.1, 0.15) is 0 Å². The van der Waals surface area contributed by atoms with E-state index in [0.29, 0.717) is 11.1 Å². The number of allylic oxidation sites excluding steroid dienone is 4. The topological polar surface area (TPSA) is 59.6 Å². The molecule has 0 aromatic carbocycles. The number of hydrogen-bond donors (Lipinski definition) is 1. The first kappa shape index (κ1) is 12.3. The molecular weight excluding hydrogens is 198 g/mol. The smallest absolute Gasteiger partial charge is 0.0975 e. The molecule has 1 N–H and O–H groups in total. The van der Waals surface area contributed by atoms with Crippen molar-refractivity contribution in [3.8, 4) is 12.1 Å². The Kier molecular flexibility index (Phi) is 3.40. The van der Waals surface area contributed by atoms with Gasteiger partial charge in [0.2, 0.25) is 0 Å². The maximum absolute atomic E-state index is 9.24. The van der Waals surface area contributed by atoms with Crippen LogP contribution < -0.4 is 5.32 Å². The van der Waals surface area contributed by atoms with Gasteiger partial charge in [-0.25, -0.2) is 0 Å². The normalized spacial score (nSPS) is 18.9. The molecule has 0 aromatic rings. The predicted octanol–water partition coefficient (Wildman–Crippen LogP) is 2.99. The van der Waals surface area contributed by atoms with Crippen LogP contribution >= 0.6 is 0 Å². The fourth-order valence-corrected chi connectivity index (χ4v) is 2.52. The van der Waals surface area contributed by atoms with Crippen LogP contribution in [0.3, 0.4) is 0 Å². The van der Waals surface area contributed by atoms with E-state index >= 15 is 0 Å². The highest BCUT2D eigenvalue weighted by molar-refractivity contribution is 5.51. The Labute approximate surface area is 97.1 Å². The van der Waals surface area contributed by atoms with Crippen LogP contribution in [0.15, 0.2) is 22.5 Å². The van der Waals surface area contributed by atoms with Gasteiger partial charge in [-0.05, 0) is 27.2 Å². The van der Waals surface area contributed by atoms with E-state index in [2.05, 4.69) is 24.4 Å². The average Bonchev–Trinajstić information content (AvgIpc) is 2.18. The minimum absolute atomic E-state index is 0.419. The van der Waals surface area contributed by atoms with Crippen LogP contribution in [0.4, 0.5) is 0 Å². The molecule has 1 heterocycles. The Hall–Kier alpha value is -1.74. The first-order chi connectivity index (χ1) is 7.51. The summed E-state index contributed by atoms with van der Waals surface area (Å²) in [5, 5.41) is 21.6. The SMILES string of the molecule is CCCC1(C)C(C#N)=C(C)NC(C)=C1C#N. The van der Waals surface area contributed by atoms with Crippen molar-refractivity contribution in [2.24, 2.45) is 5.41 Å². The molecule has 0 spiro atoms. The van der Waals surface area contributed by atoms with Gasteiger partial charge in [0, 0.05) is 16.8 Å². The van der Waals surface area contributed by atoms with Crippen LogP contribution in [-0.4, -0.2) is 0 Å². The second-order valence-corrected chi connectivity index (χ2v) is 4.43. The molecule has 1 aliphatic rings. The van der Waals surface area contributed by atoms with E-state index in [-0.39, 0.29) is 0 Å². The molecule has 0 aromatic heterocycles. The van der Waals surface area contributed by atoms with Crippen molar-refractivity contribution in [3.63, 3.8) is 0 Å². The zero-order valence-electron chi connectivity index (χ0n) is 10.3. The van der Waals surface area contributed by atoms with Crippen molar-refractivity contribution in [1.29, 1.82) is 10.5 Å². The van der Waals surface area contributed by atoms with Gasteiger partial charge in [-0.2, -0.15) is 10.5 Å². The molecule has 0 saturated heterocycles. The van der Waals surface area contributed by atoms with E-state index in [9.17, 15) is 10.5 Å². The molecule has 0 bridgehead atoms. The Morgan fingerprint density at radius 3 is 1.88 bits per heavy atom. The molecule has 84 valence electrons. The summed E-state index contributed by atoms with van der Waals surface area (Å²) in [6.45, 7) is 7.84. The van der Waals surface area contributed by atoms with Crippen molar-refractivity contribution in [1.82, 2.24) is 5.32 Å². The molecular formula is C13H17N3. The number of nitrogens with zero attached hydrogens (tertiary/aromatic N) is 2. The lowest BCUT2D eigenvalue weighted by molar-refractivity contribution is 0.433. The van der Waals surface area contributed by atoms with Crippen molar-refractivity contribution >= 4 is 0 Å². The summed E-state index contributed by atoms with van der Waals surface area (Å²) < 4.78 is 0. The lowest BCUT2D eigenvalue weighted by Gasteiger charge is -2.35. The molecule has 0 radical (unpaired) electrons. The van der Waals surface area contributed by atoms with Gasteiger partial charge in [-0.15, -0.1) is 0 Å². The van der Waals surface area contributed by atoms with Gasteiger partial charge in [-0.1, -0.05) is 13.3 Å². The molecule has 0 amide bonds. The summed E-state index contributed by atoms with van der Waals surface area (Å²) in [6, 6.07) is 4.49. The third-order valence-corrected chi connectivity index (χ3v) is 3.20. The van der Waals surface area contributed by atoms with Crippen molar-refractivity contribution in [2.45, 2.75) is 40.5 Å². The van der Waals surface area contributed by atoms with E-state index in [1.165, 1.54) is 0 Å². The minimum Gasteiger partial charge on any atom is -0.361 e. The molecule has 0 aliphatic carbocycles. The van der Waals surface area contributed by atoms with Gasteiger partial charge in [0.05, 0.1) is 23.3 Å². The fourth-order valence-electron chi connectivity index (χ4n) is 2.52. The third kappa shape index (κ3) is 1.70. The molecule has 16 heavy (non-hydrogen) atoms. The summed E-state index contributed by atoms with van der Waals surface area (Å²) in [7, 11) is 0. The van der Waals surface area contributed by atoms with E-state index in [0.717, 1.165) is 24.2 Å². The number of hydrogen-bond acceptors (Lipinski definition) is 3. The van der Waals surface area contributed by atoms with Crippen LogP contribution in [0.5, 0.6) is 0 Å². The van der Waals surface area contributed by atoms with Crippen LogP contribution in [0.1, 0.15) is 40.5 Å². The molecule has 3 heteroatoms. The molecule has 1 rings (SSSR count). The summed E-state index contributed by atoms with van der Waals surface area (Å²) >= 11 is 0. The zero-order chi connectivity index (χ0) is 12.3. The maximum Gasteiger partial charge on any atom is 0.0975 e. The fraction of sp³-hybridized carbons (Fsp3) is 0.538. The van der Waals surface area contributed by atoms with E-state index in [4.69, 9.17) is 0 Å². The van der Waals surface area contributed by atoms with Gasteiger partial charge in [0.25, 0.3) is 0 Å². The molecule has 3 nitrogen and oxygen atoms in total. The van der Waals surface area contributed by atoms with Gasteiger partial charge >= 0.3 is 0 Å².